The van der Waals surface area contributed by atoms with E-state index in [1.54, 1.807) is 0 Å². The fourth-order valence-corrected chi connectivity index (χ4v) is 2.66. The second-order valence-electron chi connectivity index (χ2n) is 4.58. The first-order valence-electron chi connectivity index (χ1n) is 6.03. The third kappa shape index (κ3) is 2.38. The summed E-state index contributed by atoms with van der Waals surface area (Å²) in [6, 6.07) is 9.62. The number of hydrogen-bond acceptors (Lipinski definition) is 3. The zero-order valence-electron chi connectivity index (χ0n) is 10.0. The average molecular weight is 319 g/mol. The number of nitrogens with zero attached hydrogens (tertiary/aromatic N) is 1. The Morgan fingerprint density at radius 3 is 2.84 bits per heavy atom. The zero-order valence-corrected chi connectivity index (χ0v) is 11.6. The van der Waals surface area contributed by atoms with Crippen molar-refractivity contribution < 1.29 is 9.59 Å². The predicted octanol–water partition coefficient (Wildman–Crippen LogP) is 2.52. The van der Waals surface area contributed by atoms with Gasteiger partial charge >= 0.3 is 0 Å². The normalized spacial score (nSPS) is 19.5. The van der Waals surface area contributed by atoms with Crippen LogP contribution in [0.5, 0.6) is 0 Å². The summed E-state index contributed by atoms with van der Waals surface area (Å²) in [5, 5.41) is 3.38. The molecule has 1 fully saturated rings. The van der Waals surface area contributed by atoms with E-state index in [0.717, 1.165) is 21.1 Å². The van der Waals surface area contributed by atoms with E-state index >= 15 is 0 Å². The van der Waals surface area contributed by atoms with Crippen LogP contribution >= 0.6 is 15.9 Å². The van der Waals surface area contributed by atoms with Crippen molar-refractivity contribution in [3.63, 3.8) is 0 Å². The summed E-state index contributed by atoms with van der Waals surface area (Å²) in [6.07, 6.45) is 0.899. The molecule has 19 heavy (non-hydrogen) atoms. The van der Waals surface area contributed by atoms with Crippen molar-refractivity contribution in [3.8, 4) is 0 Å². The maximum absolute atomic E-state index is 11.8. The molecule has 0 saturated carbocycles. The van der Waals surface area contributed by atoms with Crippen molar-refractivity contribution in [3.05, 3.63) is 40.5 Å². The van der Waals surface area contributed by atoms with Crippen molar-refractivity contribution in [2.45, 2.75) is 18.8 Å². The first kappa shape index (κ1) is 12.3. The van der Waals surface area contributed by atoms with Crippen LogP contribution in [0.2, 0.25) is 0 Å². The first-order chi connectivity index (χ1) is 9.13. The van der Waals surface area contributed by atoms with Gasteiger partial charge < -0.3 is 0 Å². The summed E-state index contributed by atoms with van der Waals surface area (Å²) in [5.41, 5.74) is 1.57. The van der Waals surface area contributed by atoms with Crippen LogP contribution in [0.4, 0.5) is 0 Å². The van der Waals surface area contributed by atoms with E-state index in [4.69, 9.17) is 0 Å². The molecule has 2 heterocycles. The fourth-order valence-electron chi connectivity index (χ4n) is 2.28. The molecule has 3 rings (SSSR count). The minimum absolute atomic E-state index is 0.203. The Hall–Kier alpha value is -1.75. The van der Waals surface area contributed by atoms with E-state index in [1.807, 2.05) is 30.3 Å². The third-order valence-corrected chi connectivity index (χ3v) is 3.76. The maximum atomic E-state index is 11.8. The lowest BCUT2D eigenvalue weighted by atomic mass is 9.94. The molecule has 1 aliphatic heterocycles. The minimum Gasteiger partial charge on any atom is -0.296 e. The van der Waals surface area contributed by atoms with Crippen molar-refractivity contribution in [2.24, 2.45) is 0 Å². The number of rotatable bonds is 1. The number of imide groups is 1. The summed E-state index contributed by atoms with van der Waals surface area (Å²) in [6.45, 7) is 0. The lowest BCUT2D eigenvalue weighted by molar-refractivity contribution is -0.134. The summed E-state index contributed by atoms with van der Waals surface area (Å²) in [5.74, 6) is -0.781. The summed E-state index contributed by atoms with van der Waals surface area (Å²) in [7, 11) is 0. The molecule has 1 aromatic carbocycles. The van der Waals surface area contributed by atoms with Gasteiger partial charge in [0, 0.05) is 16.3 Å². The van der Waals surface area contributed by atoms with Crippen LogP contribution in [0.25, 0.3) is 10.9 Å². The molecule has 1 aliphatic rings. The standard InChI is InChI=1S/C14H11BrN2O2/c15-9-2-5-11-8(7-9)1-4-12(16-11)10-3-6-13(18)17-14(10)19/h1-2,4-5,7,10H,3,6H2,(H,17,18,19). The molecule has 0 bridgehead atoms. The molecule has 2 amide bonds. The molecule has 5 heteroatoms. The second kappa shape index (κ2) is 4.74. The van der Waals surface area contributed by atoms with Crippen LogP contribution in [0.3, 0.4) is 0 Å². The van der Waals surface area contributed by atoms with Gasteiger partial charge in [0.05, 0.1) is 17.1 Å². The van der Waals surface area contributed by atoms with Gasteiger partial charge in [0.1, 0.15) is 0 Å². The highest BCUT2D eigenvalue weighted by atomic mass is 79.9. The van der Waals surface area contributed by atoms with Gasteiger partial charge in [-0.15, -0.1) is 0 Å². The van der Waals surface area contributed by atoms with Crippen LogP contribution in [0.1, 0.15) is 24.5 Å². The van der Waals surface area contributed by atoms with Crippen LogP contribution < -0.4 is 5.32 Å². The first-order valence-corrected chi connectivity index (χ1v) is 6.83. The number of carbonyl (C=O) groups is 2. The Bertz CT molecular complexity index is 684. The van der Waals surface area contributed by atoms with Gasteiger partial charge in [0.15, 0.2) is 0 Å². The van der Waals surface area contributed by atoms with Crippen LogP contribution in [-0.2, 0) is 9.59 Å². The highest BCUT2D eigenvalue weighted by Gasteiger charge is 2.28. The van der Waals surface area contributed by atoms with E-state index in [2.05, 4.69) is 26.2 Å². The van der Waals surface area contributed by atoms with Gasteiger partial charge in [-0.25, -0.2) is 0 Å². The van der Waals surface area contributed by atoms with Crippen molar-refractivity contribution in [2.75, 3.05) is 0 Å². The number of carbonyl (C=O) groups excluding carboxylic acids is 2. The van der Waals surface area contributed by atoms with E-state index in [1.165, 1.54) is 0 Å². The molecule has 0 radical (unpaired) electrons. The number of piperidine rings is 1. The molecule has 96 valence electrons. The number of benzene rings is 1. The smallest absolute Gasteiger partial charge is 0.235 e. The highest BCUT2D eigenvalue weighted by molar-refractivity contribution is 9.10. The quantitative estimate of drug-likeness (QED) is 0.822. The Labute approximate surface area is 118 Å². The number of hydrogen-bond donors (Lipinski definition) is 1. The molecule has 0 aliphatic carbocycles. The highest BCUT2D eigenvalue weighted by Crippen LogP contribution is 2.26. The Kier molecular flexibility index (Phi) is 3.06. The maximum Gasteiger partial charge on any atom is 0.235 e. The molecule has 2 aromatic rings. The van der Waals surface area contributed by atoms with Gasteiger partial charge in [0.25, 0.3) is 0 Å². The van der Waals surface area contributed by atoms with Crippen LogP contribution in [-0.4, -0.2) is 16.8 Å². The number of aromatic nitrogens is 1. The SMILES string of the molecule is O=C1CCC(c2ccc3cc(Br)ccc3n2)C(=O)N1. The number of halogens is 1. The predicted molar refractivity (Wildman–Crippen MR) is 74.6 cm³/mol. The van der Waals surface area contributed by atoms with Gasteiger partial charge in [-0.1, -0.05) is 22.0 Å². The van der Waals surface area contributed by atoms with E-state index in [9.17, 15) is 9.59 Å². The van der Waals surface area contributed by atoms with Gasteiger partial charge in [0.2, 0.25) is 11.8 Å². The fraction of sp³-hybridized carbons (Fsp3) is 0.214. The number of nitrogens with one attached hydrogen (secondary N) is 1. The van der Waals surface area contributed by atoms with Crippen molar-refractivity contribution in [1.82, 2.24) is 10.3 Å². The Balaban J connectivity index is 1.99. The molecular weight excluding hydrogens is 308 g/mol. The summed E-state index contributed by atoms with van der Waals surface area (Å²) in [4.78, 5) is 27.5. The van der Waals surface area contributed by atoms with Crippen LogP contribution in [0.15, 0.2) is 34.8 Å². The zero-order chi connectivity index (χ0) is 13.4. The monoisotopic (exact) mass is 318 g/mol. The second-order valence-corrected chi connectivity index (χ2v) is 5.49. The van der Waals surface area contributed by atoms with Crippen molar-refractivity contribution in [1.29, 1.82) is 0 Å². The molecule has 1 N–H and O–H groups in total. The molecule has 1 atom stereocenters. The topological polar surface area (TPSA) is 59.1 Å². The number of amides is 2. The molecule has 1 aromatic heterocycles. The lowest BCUT2D eigenvalue weighted by Gasteiger charge is -2.20. The molecule has 0 spiro atoms. The van der Waals surface area contributed by atoms with Gasteiger partial charge in [-0.2, -0.15) is 0 Å². The number of pyridine rings is 1. The van der Waals surface area contributed by atoms with E-state index in [0.29, 0.717) is 12.8 Å². The third-order valence-electron chi connectivity index (χ3n) is 3.27. The molecular formula is C14H11BrN2O2. The Morgan fingerprint density at radius 2 is 2.05 bits per heavy atom. The molecule has 4 nitrogen and oxygen atoms in total. The molecule has 1 unspecified atom stereocenters. The van der Waals surface area contributed by atoms with Gasteiger partial charge in [-0.05, 0) is 30.7 Å². The summed E-state index contributed by atoms with van der Waals surface area (Å²) < 4.78 is 0.996. The van der Waals surface area contributed by atoms with E-state index < -0.39 is 0 Å². The lowest BCUT2D eigenvalue weighted by Crippen LogP contribution is -2.39. The summed E-state index contributed by atoms with van der Waals surface area (Å²) >= 11 is 3.41. The molecule has 1 saturated heterocycles. The van der Waals surface area contributed by atoms with E-state index in [-0.39, 0.29) is 17.7 Å². The van der Waals surface area contributed by atoms with Gasteiger partial charge in [-0.3, -0.25) is 19.9 Å². The Morgan fingerprint density at radius 1 is 1.21 bits per heavy atom. The van der Waals surface area contributed by atoms with Crippen molar-refractivity contribution >= 4 is 38.6 Å². The minimum atomic E-state index is -0.328. The number of fused-ring (bicyclic) bond motifs is 1. The largest absolute Gasteiger partial charge is 0.296 e. The van der Waals surface area contributed by atoms with Crippen LogP contribution in [0, 0.1) is 0 Å². The average Bonchev–Trinajstić information content (AvgIpc) is 2.38.